The van der Waals surface area contributed by atoms with Gasteiger partial charge in [-0.05, 0) is 32.1 Å². The van der Waals surface area contributed by atoms with Gasteiger partial charge in [-0.15, -0.1) is 0 Å². The van der Waals surface area contributed by atoms with E-state index in [1.807, 2.05) is 0 Å². The third-order valence-electron chi connectivity index (χ3n) is 4.06. The first-order valence-corrected chi connectivity index (χ1v) is 5.99. The SMILES string of the molecule is C=C(C(=O)OC)C12CC(C(=O)OCC)CC1C2. The zero-order valence-electron chi connectivity index (χ0n) is 10.3. The first-order valence-electron chi connectivity index (χ1n) is 5.99. The number of esters is 2. The Hall–Kier alpha value is -1.32. The molecule has 4 nitrogen and oxygen atoms in total. The summed E-state index contributed by atoms with van der Waals surface area (Å²) in [5.41, 5.74) is 0.349. The molecule has 0 spiro atoms. The van der Waals surface area contributed by atoms with Crippen molar-refractivity contribution in [2.75, 3.05) is 13.7 Å². The molecule has 0 heterocycles. The lowest BCUT2D eigenvalue weighted by molar-refractivity contribution is -0.148. The Labute approximate surface area is 101 Å². The van der Waals surface area contributed by atoms with Gasteiger partial charge in [0.1, 0.15) is 0 Å². The van der Waals surface area contributed by atoms with E-state index >= 15 is 0 Å². The summed E-state index contributed by atoms with van der Waals surface area (Å²) in [6, 6.07) is 0. The highest BCUT2D eigenvalue weighted by Crippen LogP contribution is 2.69. The average molecular weight is 238 g/mol. The Morgan fingerprint density at radius 1 is 1.41 bits per heavy atom. The van der Waals surface area contributed by atoms with Crippen LogP contribution >= 0.6 is 0 Å². The molecule has 2 fully saturated rings. The predicted molar refractivity (Wildman–Crippen MR) is 61.1 cm³/mol. The van der Waals surface area contributed by atoms with Crippen LogP contribution in [0.1, 0.15) is 26.2 Å². The predicted octanol–water partition coefficient (Wildman–Crippen LogP) is 1.70. The molecular weight excluding hydrogens is 220 g/mol. The number of carbonyl (C=O) groups excluding carboxylic acids is 2. The highest BCUT2D eigenvalue weighted by Gasteiger charge is 2.64. The van der Waals surface area contributed by atoms with Crippen LogP contribution in [0.15, 0.2) is 12.2 Å². The minimum atomic E-state index is -0.350. The molecule has 2 aliphatic rings. The van der Waals surface area contributed by atoms with Crippen LogP contribution in [0.2, 0.25) is 0 Å². The minimum Gasteiger partial charge on any atom is -0.466 e. The zero-order valence-corrected chi connectivity index (χ0v) is 10.3. The van der Waals surface area contributed by atoms with Gasteiger partial charge in [0.15, 0.2) is 0 Å². The van der Waals surface area contributed by atoms with Crippen molar-refractivity contribution < 1.29 is 19.1 Å². The lowest BCUT2D eigenvalue weighted by Crippen LogP contribution is -2.20. The zero-order chi connectivity index (χ0) is 12.6. The van der Waals surface area contributed by atoms with Gasteiger partial charge in [-0.2, -0.15) is 0 Å². The van der Waals surface area contributed by atoms with Gasteiger partial charge < -0.3 is 9.47 Å². The summed E-state index contributed by atoms with van der Waals surface area (Å²) in [6.07, 6.45) is 2.45. The van der Waals surface area contributed by atoms with Crippen LogP contribution in [0.3, 0.4) is 0 Å². The smallest absolute Gasteiger partial charge is 0.333 e. The number of ether oxygens (including phenoxy) is 2. The fourth-order valence-electron chi connectivity index (χ4n) is 3.07. The van der Waals surface area contributed by atoms with Crippen LogP contribution in [0.4, 0.5) is 0 Å². The Kier molecular flexibility index (Phi) is 2.98. The fraction of sp³-hybridized carbons (Fsp3) is 0.692. The van der Waals surface area contributed by atoms with E-state index in [0.29, 0.717) is 24.5 Å². The van der Waals surface area contributed by atoms with Crippen LogP contribution in [0.5, 0.6) is 0 Å². The number of rotatable bonds is 4. The highest BCUT2D eigenvalue weighted by molar-refractivity contribution is 5.90. The molecule has 2 aliphatic carbocycles. The minimum absolute atomic E-state index is 0.0740. The molecule has 0 aromatic heterocycles. The average Bonchev–Trinajstić information content (AvgIpc) is 2.90. The van der Waals surface area contributed by atoms with Crippen molar-refractivity contribution in [2.45, 2.75) is 26.2 Å². The van der Waals surface area contributed by atoms with Crippen molar-refractivity contribution in [3.8, 4) is 0 Å². The van der Waals surface area contributed by atoms with Gasteiger partial charge in [0.05, 0.1) is 19.6 Å². The maximum atomic E-state index is 11.6. The summed E-state index contributed by atoms with van der Waals surface area (Å²) in [5.74, 6) is -0.160. The molecular formula is C13H18O4. The second kappa shape index (κ2) is 4.17. The van der Waals surface area contributed by atoms with E-state index in [-0.39, 0.29) is 23.3 Å². The Balaban J connectivity index is 2.01. The van der Waals surface area contributed by atoms with Gasteiger partial charge in [-0.3, -0.25) is 4.79 Å². The Morgan fingerprint density at radius 2 is 2.12 bits per heavy atom. The summed E-state index contributed by atoms with van der Waals surface area (Å²) in [4.78, 5) is 23.1. The molecule has 0 radical (unpaired) electrons. The Morgan fingerprint density at radius 3 is 2.71 bits per heavy atom. The fourth-order valence-corrected chi connectivity index (χ4v) is 3.07. The van der Waals surface area contributed by atoms with E-state index < -0.39 is 0 Å². The first kappa shape index (κ1) is 12.1. The molecule has 2 saturated carbocycles. The van der Waals surface area contributed by atoms with Crippen LogP contribution < -0.4 is 0 Å². The van der Waals surface area contributed by atoms with E-state index in [0.717, 1.165) is 12.8 Å². The normalized spacial score (nSPS) is 33.8. The van der Waals surface area contributed by atoms with E-state index in [1.54, 1.807) is 6.92 Å². The molecule has 0 amide bonds. The van der Waals surface area contributed by atoms with E-state index in [9.17, 15) is 9.59 Å². The molecule has 0 aromatic carbocycles. The number of hydrogen-bond acceptors (Lipinski definition) is 4. The lowest BCUT2D eigenvalue weighted by Gasteiger charge is -2.16. The molecule has 0 aliphatic heterocycles. The van der Waals surface area contributed by atoms with Crippen molar-refractivity contribution in [3.05, 3.63) is 12.2 Å². The second-order valence-corrected chi connectivity index (χ2v) is 4.92. The van der Waals surface area contributed by atoms with Crippen LogP contribution in [0, 0.1) is 17.3 Å². The maximum absolute atomic E-state index is 11.6. The maximum Gasteiger partial charge on any atom is 0.333 e. The van der Waals surface area contributed by atoms with Gasteiger partial charge in [0, 0.05) is 11.0 Å². The van der Waals surface area contributed by atoms with Gasteiger partial charge >= 0.3 is 11.9 Å². The summed E-state index contributed by atoms with van der Waals surface area (Å²) in [6.45, 7) is 6.04. The molecule has 3 atom stereocenters. The van der Waals surface area contributed by atoms with Crippen LogP contribution in [0.25, 0.3) is 0 Å². The molecule has 94 valence electrons. The number of hydrogen-bond donors (Lipinski definition) is 0. The third-order valence-corrected chi connectivity index (χ3v) is 4.06. The van der Waals surface area contributed by atoms with Crippen LogP contribution in [-0.2, 0) is 19.1 Å². The molecule has 0 bridgehead atoms. The van der Waals surface area contributed by atoms with Crippen molar-refractivity contribution in [2.24, 2.45) is 17.3 Å². The van der Waals surface area contributed by atoms with E-state index in [1.165, 1.54) is 7.11 Å². The van der Waals surface area contributed by atoms with E-state index in [2.05, 4.69) is 6.58 Å². The van der Waals surface area contributed by atoms with Crippen LogP contribution in [-0.4, -0.2) is 25.7 Å². The molecule has 3 unspecified atom stereocenters. The Bertz CT molecular complexity index is 374. The molecule has 0 saturated heterocycles. The molecule has 0 aromatic rings. The van der Waals surface area contributed by atoms with Gasteiger partial charge in [0.25, 0.3) is 0 Å². The van der Waals surface area contributed by atoms with E-state index in [4.69, 9.17) is 9.47 Å². The monoisotopic (exact) mass is 238 g/mol. The van der Waals surface area contributed by atoms with Crippen molar-refractivity contribution in [1.82, 2.24) is 0 Å². The standard InChI is InChI=1S/C13H18O4/c1-4-17-12(15)9-5-10-7-13(10,6-9)8(2)11(14)16-3/h9-10H,2,4-7H2,1,3H3. The number of fused-ring (bicyclic) bond motifs is 1. The molecule has 17 heavy (non-hydrogen) atoms. The van der Waals surface area contributed by atoms with Crippen molar-refractivity contribution in [1.29, 1.82) is 0 Å². The second-order valence-electron chi connectivity index (χ2n) is 4.92. The quantitative estimate of drug-likeness (QED) is 0.552. The first-order chi connectivity index (χ1) is 8.05. The van der Waals surface area contributed by atoms with Crippen molar-refractivity contribution >= 4 is 11.9 Å². The molecule has 4 heteroatoms. The topological polar surface area (TPSA) is 52.6 Å². The summed E-state index contributed by atoms with van der Waals surface area (Å²) >= 11 is 0. The highest BCUT2D eigenvalue weighted by atomic mass is 16.5. The number of carbonyl (C=O) groups is 2. The third kappa shape index (κ3) is 1.85. The number of methoxy groups -OCH3 is 1. The molecule has 0 N–H and O–H groups in total. The van der Waals surface area contributed by atoms with Gasteiger partial charge in [-0.25, -0.2) is 4.79 Å². The molecule has 2 rings (SSSR count). The van der Waals surface area contributed by atoms with Crippen molar-refractivity contribution in [3.63, 3.8) is 0 Å². The lowest BCUT2D eigenvalue weighted by atomic mass is 9.91. The summed E-state index contributed by atoms with van der Waals surface area (Å²) < 4.78 is 9.73. The largest absolute Gasteiger partial charge is 0.466 e. The van der Waals surface area contributed by atoms with Gasteiger partial charge in [0.2, 0.25) is 0 Å². The van der Waals surface area contributed by atoms with Gasteiger partial charge in [-0.1, -0.05) is 6.58 Å². The summed E-state index contributed by atoms with van der Waals surface area (Å²) in [7, 11) is 1.36. The summed E-state index contributed by atoms with van der Waals surface area (Å²) in [5, 5.41) is 0.